The fourth-order valence-electron chi connectivity index (χ4n) is 7.10. The van der Waals surface area contributed by atoms with E-state index in [0.29, 0.717) is 0 Å². The molecule has 1 aliphatic heterocycles. The molecule has 0 saturated carbocycles. The first-order valence-corrected chi connectivity index (χ1v) is 23.5. The molecular weight excluding hydrogens is 857 g/mol. The smallest absolute Gasteiger partial charge is 0.480 e. The zero-order chi connectivity index (χ0) is 45.3. The van der Waals surface area contributed by atoms with Gasteiger partial charge in [-0.2, -0.15) is 30.9 Å². The number of sulfonamides is 2. The van der Waals surface area contributed by atoms with Crippen LogP contribution in [0.4, 0.5) is 32.0 Å². The van der Waals surface area contributed by atoms with Crippen molar-refractivity contribution in [2.45, 2.75) is 96.6 Å². The lowest BCUT2D eigenvalue weighted by Gasteiger charge is -2.22. The van der Waals surface area contributed by atoms with E-state index >= 15 is 0 Å². The molecule has 5 aromatic rings. The Labute approximate surface area is 358 Å². The largest absolute Gasteiger partial charge is 0.493 e. The van der Waals surface area contributed by atoms with Crippen LogP contribution in [0.5, 0.6) is 11.5 Å². The number of halogens is 6. The summed E-state index contributed by atoms with van der Waals surface area (Å²) >= 11 is 0. The molecule has 17 heteroatoms. The average molecular weight is 908 g/mol. The molecule has 0 saturated heterocycles. The van der Waals surface area contributed by atoms with E-state index in [2.05, 4.69) is 128 Å². The minimum absolute atomic E-state index is 0.759. The molecule has 9 nitrogen and oxygen atoms in total. The van der Waals surface area contributed by atoms with Gasteiger partial charge in [-0.3, -0.25) is 0 Å². The normalized spacial score (nSPS) is 14.0. The highest BCUT2D eigenvalue weighted by Crippen LogP contribution is 2.41. The Morgan fingerprint density at radius 1 is 0.645 bits per heavy atom. The van der Waals surface area contributed by atoms with Crippen molar-refractivity contribution in [3.63, 3.8) is 0 Å². The van der Waals surface area contributed by atoms with Crippen LogP contribution in [0, 0.1) is 0 Å². The molecular formula is C45H51F6N3O6S2. The molecule has 0 spiro atoms. The van der Waals surface area contributed by atoms with E-state index in [1.54, 1.807) is 0 Å². The quantitative estimate of drug-likeness (QED) is 0.0353. The van der Waals surface area contributed by atoms with E-state index in [1.807, 2.05) is 0 Å². The highest BCUT2D eigenvalue weighted by molar-refractivity contribution is 8.13. The number of ether oxygens (including phenoxy) is 2. The van der Waals surface area contributed by atoms with Gasteiger partial charge in [0.25, 0.3) is 0 Å². The van der Waals surface area contributed by atoms with Crippen molar-refractivity contribution in [1.29, 1.82) is 0 Å². The van der Waals surface area contributed by atoms with Crippen molar-refractivity contribution in [2.75, 3.05) is 19.8 Å². The maximum absolute atomic E-state index is 11.4. The number of allylic oxidation sites excluding steroid dienone is 4. The second kappa shape index (κ2) is 20.5. The van der Waals surface area contributed by atoms with Crippen LogP contribution in [0.25, 0.3) is 42.7 Å². The summed E-state index contributed by atoms with van der Waals surface area (Å²) < 4.78 is 127. The van der Waals surface area contributed by atoms with Crippen LogP contribution in [-0.4, -0.2) is 62.5 Å². The standard InChI is InChI=1S/C43H51N2O2.C2F6NO4S2/c1-5-9-28-44-36(32-18-16-20-34-40(46-30-11-7-3)26-24-38(44)42(32)34)22-14-13-15-23-37-33-19-17-21-35-41(47-31-12-8-4)27-25-39(43(33)35)45(37)29-10-6-2;3-1(4,5)14(10,11)9-15(12,13)2(6,7)8/h13-27H,5-12,28-31H2,1-4H3;/q+1;-1. The Bertz CT molecular complexity index is 2700. The van der Waals surface area contributed by atoms with Crippen LogP contribution in [0.3, 0.4) is 0 Å². The van der Waals surface area contributed by atoms with Gasteiger partial charge in [0.2, 0.25) is 11.4 Å². The Morgan fingerprint density at radius 3 is 1.77 bits per heavy atom. The van der Waals surface area contributed by atoms with Gasteiger partial charge in [0.1, 0.15) is 18.0 Å². The lowest BCUT2D eigenvalue weighted by atomic mass is 10.0. The Kier molecular flexibility index (Phi) is 16.0. The van der Waals surface area contributed by atoms with Gasteiger partial charge in [-0.25, -0.2) is 16.8 Å². The molecule has 62 heavy (non-hydrogen) atoms. The number of unbranched alkanes of at least 4 members (excludes halogenated alkanes) is 4. The van der Waals surface area contributed by atoms with Gasteiger partial charge in [0.15, 0.2) is 20.0 Å². The molecule has 0 bridgehead atoms. The number of nitrogens with zero attached hydrogens (tertiary/aromatic N) is 3. The summed E-state index contributed by atoms with van der Waals surface area (Å²) in [6, 6.07) is 22.2. The fourth-order valence-corrected chi connectivity index (χ4v) is 8.81. The van der Waals surface area contributed by atoms with Gasteiger partial charge in [-0.05, 0) is 49.6 Å². The Hall–Kier alpha value is -4.87. The molecule has 0 amide bonds. The second-order valence-corrected chi connectivity index (χ2v) is 18.1. The SMILES string of the molecule is CCCCOc1ccc2c3c(cccc13)C(/C=C/C=C/C=c1/c3cccc4c(OCCCC)ccc(c43)n1CCCC)=[N+]2CCCC.O=S(=O)([N-]S(=O)(=O)C(F)(F)F)C(F)(F)F. The summed E-state index contributed by atoms with van der Waals surface area (Å²) in [5, 5.41) is 7.60. The van der Waals surface area contributed by atoms with E-state index in [-0.39, 0.29) is 0 Å². The molecule has 336 valence electrons. The zero-order valence-corrected chi connectivity index (χ0v) is 36.7. The lowest BCUT2D eigenvalue weighted by molar-refractivity contribution is -0.436. The Morgan fingerprint density at radius 2 is 1.19 bits per heavy atom. The summed E-state index contributed by atoms with van der Waals surface area (Å²) in [6.45, 7) is 12.5. The molecule has 6 rings (SSSR count). The molecule has 0 radical (unpaired) electrons. The molecule has 0 atom stereocenters. The molecule has 0 aliphatic carbocycles. The van der Waals surface area contributed by atoms with Crippen LogP contribution < -0.4 is 14.8 Å². The summed E-state index contributed by atoms with van der Waals surface area (Å²) in [5.41, 5.74) is -7.27. The second-order valence-electron chi connectivity index (χ2n) is 14.6. The number of rotatable bonds is 19. The van der Waals surface area contributed by atoms with Crippen LogP contribution in [0.2, 0.25) is 0 Å². The predicted octanol–water partition coefficient (Wildman–Crippen LogP) is 11.7. The molecule has 1 aliphatic rings. The maximum atomic E-state index is 11.4. The molecule has 0 N–H and O–H groups in total. The van der Waals surface area contributed by atoms with Crippen LogP contribution in [0.1, 0.15) is 84.6 Å². The van der Waals surface area contributed by atoms with E-state index in [9.17, 15) is 43.2 Å². The predicted molar refractivity (Wildman–Crippen MR) is 234 cm³/mol. The third kappa shape index (κ3) is 10.7. The van der Waals surface area contributed by atoms with E-state index in [1.165, 1.54) is 54.8 Å². The number of hydrogen-bond acceptors (Lipinski definition) is 6. The minimum atomic E-state index is -6.72. The first kappa shape index (κ1) is 48.2. The van der Waals surface area contributed by atoms with Crippen LogP contribution in [0.15, 0.2) is 85.0 Å². The number of hydrogen-bond donors (Lipinski definition) is 0. The van der Waals surface area contributed by atoms with Gasteiger partial charge in [0.05, 0.1) is 24.2 Å². The van der Waals surface area contributed by atoms with Crippen molar-refractivity contribution in [3.05, 3.63) is 100 Å². The molecule has 0 fully saturated rings. The van der Waals surface area contributed by atoms with Crippen molar-refractivity contribution in [3.8, 4) is 11.5 Å². The lowest BCUT2D eigenvalue weighted by Crippen LogP contribution is -2.30. The minimum Gasteiger partial charge on any atom is -0.493 e. The van der Waals surface area contributed by atoms with Gasteiger partial charge >= 0.3 is 11.0 Å². The van der Waals surface area contributed by atoms with Crippen molar-refractivity contribution < 1.29 is 57.2 Å². The van der Waals surface area contributed by atoms with E-state index in [0.717, 1.165) is 93.3 Å². The van der Waals surface area contributed by atoms with Crippen molar-refractivity contribution >= 4 is 70.0 Å². The van der Waals surface area contributed by atoms with Gasteiger partial charge < -0.3 is 18.2 Å². The third-order valence-corrected chi connectivity index (χ3v) is 12.9. The third-order valence-electron chi connectivity index (χ3n) is 10.2. The topological polar surface area (TPSA) is 109 Å². The van der Waals surface area contributed by atoms with Crippen molar-refractivity contribution in [1.82, 2.24) is 4.57 Å². The number of benzene rings is 4. The van der Waals surface area contributed by atoms with Gasteiger partial charge in [-0.1, -0.05) is 102 Å². The first-order chi connectivity index (χ1) is 29.4. The van der Waals surface area contributed by atoms with Crippen LogP contribution >= 0.6 is 0 Å². The molecule has 4 aromatic carbocycles. The molecule has 0 unspecified atom stereocenters. The molecule has 2 heterocycles. The fraction of sp³-hybridized carbons (Fsp3) is 0.400. The number of aryl methyl sites for hydroxylation is 1. The maximum Gasteiger partial charge on any atom is 0.480 e. The zero-order valence-electron chi connectivity index (χ0n) is 35.0. The summed E-state index contributed by atoms with van der Waals surface area (Å²) in [4.78, 5) is 0. The Balaban J connectivity index is 0.000000414. The van der Waals surface area contributed by atoms with E-state index < -0.39 is 31.1 Å². The van der Waals surface area contributed by atoms with Crippen molar-refractivity contribution in [2.24, 2.45) is 0 Å². The first-order valence-electron chi connectivity index (χ1n) is 20.6. The average Bonchev–Trinajstić information content (AvgIpc) is 3.69. The summed E-state index contributed by atoms with van der Waals surface area (Å²) in [7, 11) is -13.4. The monoisotopic (exact) mass is 907 g/mol. The van der Waals surface area contributed by atoms with Gasteiger partial charge in [-0.15, -0.1) is 0 Å². The highest BCUT2D eigenvalue weighted by atomic mass is 32.3. The summed E-state index contributed by atoms with van der Waals surface area (Å²) in [5.74, 6) is 1.98. The number of alkyl halides is 6. The van der Waals surface area contributed by atoms with E-state index in [4.69, 9.17) is 9.47 Å². The highest BCUT2D eigenvalue weighted by Gasteiger charge is 2.47. The van der Waals surface area contributed by atoms with Crippen LogP contribution in [-0.2, 0) is 26.6 Å². The summed E-state index contributed by atoms with van der Waals surface area (Å²) in [6.07, 6.45) is 20.2. The number of aromatic nitrogens is 1. The molecule has 1 aromatic heterocycles. The van der Waals surface area contributed by atoms with Gasteiger partial charge in [0, 0.05) is 57.5 Å².